The van der Waals surface area contributed by atoms with E-state index in [0.29, 0.717) is 25.3 Å². The van der Waals surface area contributed by atoms with Gasteiger partial charge in [0.15, 0.2) is 6.61 Å². The Balaban J connectivity index is 2.27. The van der Waals surface area contributed by atoms with E-state index in [9.17, 15) is 4.79 Å². The molecular formula is C13H19NO4. The Hall–Kier alpha value is -1.59. The van der Waals surface area contributed by atoms with Crippen molar-refractivity contribution in [1.82, 2.24) is 5.32 Å². The third-order valence-electron chi connectivity index (χ3n) is 2.32. The van der Waals surface area contributed by atoms with E-state index in [0.717, 1.165) is 5.56 Å². The molecule has 100 valence electrons. The monoisotopic (exact) mass is 253 g/mol. The van der Waals surface area contributed by atoms with Crippen molar-refractivity contribution in [3.8, 4) is 5.75 Å². The average molecular weight is 253 g/mol. The van der Waals surface area contributed by atoms with Crippen LogP contribution in [0.15, 0.2) is 24.3 Å². The molecule has 0 aromatic heterocycles. The Labute approximate surface area is 107 Å². The minimum Gasteiger partial charge on any atom is -0.484 e. The van der Waals surface area contributed by atoms with Gasteiger partial charge in [-0.05, 0) is 24.1 Å². The third kappa shape index (κ3) is 5.65. The van der Waals surface area contributed by atoms with Crippen LogP contribution < -0.4 is 10.1 Å². The molecule has 0 saturated carbocycles. The Kier molecular flexibility index (Phi) is 6.83. The molecule has 2 N–H and O–H groups in total. The predicted molar refractivity (Wildman–Crippen MR) is 67.6 cm³/mol. The van der Waals surface area contributed by atoms with E-state index in [2.05, 4.69) is 5.32 Å². The van der Waals surface area contributed by atoms with E-state index < -0.39 is 0 Å². The number of aliphatic hydroxyl groups excluding tert-OH is 1. The van der Waals surface area contributed by atoms with Crippen molar-refractivity contribution >= 4 is 5.91 Å². The van der Waals surface area contributed by atoms with Crippen LogP contribution in [-0.4, -0.2) is 44.5 Å². The van der Waals surface area contributed by atoms with Crippen LogP contribution >= 0.6 is 0 Å². The summed E-state index contributed by atoms with van der Waals surface area (Å²) in [6.45, 7) is 1.08. The zero-order valence-electron chi connectivity index (χ0n) is 10.5. The molecule has 1 aromatic carbocycles. The van der Waals surface area contributed by atoms with Crippen LogP contribution in [0.2, 0.25) is 0 Å². The summed E-state index contributed by atoms with van der Waals surface area (Å²) in [5, 5.41) is 11.4. The van der Waals surface area contributed by atoms with E-state index >= 15 is 0 Å². The Bertz CT molecular complexity index is 351. The highest BCUT2D eigenvalue weighted by molar-refractivity contribution is 5.77. The minimum atomic E-state index is -0.175. The second-order valence-electron chi connectivity index (χ2n) is 3.75. The molecule has 0 radical (unpaired) electrons. The molecule has 1 rings (SSSR count). The lowest BCUT2D eigenvalue weighted by Gasteiger charge is -2.07. The first kappa shape index (κ1) is 14.5. The largest absolute Gasteiger partial charge is 0.484 e. The SMILES string of the molecule is COCCNC(=O)COc1ccc(CCO)cc1. The van der Waals surface area contributed by atoms with E-state index in [4.69, 9.17) is 14.6 Å². The molecule has 0 spiro atoms. The Morgan fingerprint density at radius 1 is 1.33 bits per heavy atom. The van der Waals surface area contributed by atoms with E-state index in [-0.39, 0.29) is 19.1 Å². The fourth-order valence-corrected chi connectivity index (χ4v) is 1.37. The molecule has 0 aliphatic carbocycles. The van der Waals surface area contributed by atoms with Gasteiger partial charge in [0.1, 0.15) is 5.75 Å². The molecule has 0 saturated heterocycles. The lowest BCUT2D eigenvalue weighted by molar-refractivity contribution is -0.123. The number of hydrogen-bond acceptors (Lipinski definition) is 4. The van der Waals surface area contributed by atoms with E-state index in [1.807, 2.05) is 12.1 Å². The van der Waals surface area contributed by atoms with Crippen LogP contribution in [0.25, 0.3) is 0 Å². The van der Waals surface area contributed by atoms with Crippen LogP contribution in [-0.2, 0) is 16.0 Å². The van der Waals surface area contributed by atoms with Gasteiger partial charge in [0.05, 0.1) is 6.61 Å². The zero-order chi connectivity index (χ0) is 13.2. The number of carbonyl (C=O) groups excluding carboxylic acids is 1. The maximum absolute atomic E-state index is 11.3. The summed E-state index contributed by atoms with van der Waals surface area (Å²) in [7, 11) is 1.58. The molecule has 5 nitrogen and oxygen atoms in total. The first-order valence-corrected chi connectivity index (χ1v) is 5.84. The van der Waals surface area contributed by atoms with Gasteiger partial charge in [-0.25, -0.2) is 0 Å². The molecule has 0 atom stereocenters. The van der Waals surface area contributed by atoms with Gasteiger partial charge in [-0.2, -0.15) is 0 Å². The lowest BCUT2D eigenvalue weighted by atomic mass is 10.1. The van der Waals surface area contributed by atoms with Crippen LogP contribution in [0.4, 0.5) is 0 Å². The number of carbonyl (C=O) groups is 1. The lowest BCUT2D eigenvalue weighted by Crippen LogP contribution is -2.31. The normalized spacial score (nSPS) is 10.1. The third-order valence-corrected chi connectivity index (χ3v) is 2.32. The van der Waals surface area contributed by atoms with Gasteiger partial charge < -0.3 is 19.9 Å². The predicted octanol–water partition coefficient (Wildman–Crippen LogP) is 0.363. The van der Waals surface area contributed by atoms with Gasteiger partial charge in [-0.3, -0.25) is 4.79 Å². The number of methoxy groups -OCH3 is 1. The molecule has 0 unspecified atom stereocenters. The molecular weight excluding hydrogens is 234 g/mol. The van der Waals surface area contributed by atoms with Crippen molar-refractivity contribution in [2.24, 2.45) is 0 Å². The van der Waals surface area contributed by atoms with Crippen LogP contribution in [0.3, 0.4) is 0 Å². The van der Waals surface area contributed by atoms with E-state index in [1.54, 1.807) is 19.2 Å². The number of hydrogen-bond donors (Lipinski definition) is 2. The summed E-state index contributed by atoms with van der Waals surface area (Å²) >= 11 is 0. The molecule has 0 fully saturated rings. The zero-order valence-corrected chi connectivity index (χ0v) is 10.5. The highest BCUT2D eigenvalue weighted by atomic mass is 16.5. The number of nitrogens with one attached hydrogen (secondary N) is 1. The second kappa shape index (κ2) is 8.49. The highest BCUT2D eigenvalue weighted by Crippen LogP contribution is 2.12. The van der Waals surface area contributed by atoms with Gasteiger partial charge in [-0.1, -0.05) is 12.1 Å². The number of ether oxygens (including phenoxy) is 2. The molecule has 0 bridgehead atoms. The molecule has 18 heavy (non-hydrogen) atoms. The van der Waals surface area contributed by atoms with Crippen molar-refractivity contribution in [2.45, 2.75) is 6.42 Å². The summed E-state index contributed by atoms with van der Waals surface area (Å²) in [4.78, 5) is 11.3. The molecule has 1 aromatic rings. The fraction of sp³-hybridized carbons (Fsp3) is 0.462. The van der Waals surface area contributed by atoms with Gasteiger partial charge in [0.2, 0.25) is 0 Å². The standard InChI is InChI=1S/C13H19NO4/c1-17-9-7-14-13(16)10-18-12-4-2-11(3-5-12)6-8-15/h2-5,15H,6-10H2,1H3,(H,14,16). The van der Waals surface area contributed by atoms with Gasteiger partial charge >= 0.3 is 0 Å². The summed E-state index contributed by atoms with van der Waals surface area (Å²) in [5.41, 5.74) is 1.04. The van der Waals surface area contributed by atoms with Crippen LogP contribution in [0, 0.1) is 0 Å². The Morgan fingerprint density at radius 3 is 2.67 bits per heavy atom. The quantitative estimate of drug-likeness (QED) is 0.657. The van der Waals surface area contributed by atoms with Gasteiger partial charge in [-0.15, -0.1) is 0 Å². The fourth-order valence-electron chi connectivity index (χ4n) is 1.37. The molecule has 0 heterocycles. The van der Waals surface area contributed by atoms with Crippen molar-refractivity contribution in [1.29, 1.82) is 0 Å². The van der Waals surface area contributed by atoms with Crippen molar-refractivity contribution in [3.63, 3.8) is 0 Å². The first-order valence-electron chi connectivity index (χ1n) is 5.84. The average Bonchev–Trinajstić information content (AvgIpc) is 2.39. The van der Waals surface area contributed by atoms with Crippen molar-refractivity contribution in [3.05, 3.63) is 29.8 Å². The highest BCUT2D eigenvalue weighted by Gasteiger charge is 2.02. The van der Waals surface area contributed by atoms with Crippen molar-refractivity contribution < 1.29 is 19.4 Å². The maximum atomic E-state index is 11.3. The summed E-state index contributed by atoms with van der Waals surface area (Å²) in [6, 6.07) is 7.31. The second-order valence-corrected chi connectivity index (χ2v) is 3.75. The minimum absolute atomic E-state index is 0.0109. The van der Waals surface area contributed by atoms with Crippen molar-refractivity contribution in [2.75, 3.05) is 33.5 Å². The summed E-state index contributed by atoms with van der Waals surface area (Å²) in [6.07, 6.45) is 0.623. The number of aliphatic hydroxyl groups is 1. The number of rotatable bonds is 8. The van der Waals surface area contributed by atoms with Crippen LogP contribution in [0.5, 0.6) is 5.75 Å². The first-order chi connectivity index (χ1) is 8.76. The van der Waals surface area contributed by atoms with Gasteiger partial charge in [0.25, 0.3) is 5.91 Å². The van der Waals surface area contributed by atoms with Gasteiger partial charge in [0, 0.05) is 20.3 Å². The Morgan fingerprint density at radius 2 is 2.06 bits per heavy atom. The molecule has 1 amide bonds. The summed E-state index contributed by atoms with van der Waals surface area (Å²) in [5.74, 6) is 0.463. The topological polar surface area (TPSA) is 67.8 Å². The maximum Gasteiger partial charge on any atom is 0.258 e. The molecule has 5 heteroatoms. The molecule has 0 aliphatic heterocycles. The number of benzene rings is 1. The smallest absolute Gasteiger partial charge is 0.258 e. The summed E-state index contributed by atoms with van der Waals surface area (Å²) < 4.78 is 10.1. The van der Waals surface area contributed by atoms with E-state index in [1.165, 1.54) is 0 Å². The van der Waals surface area contributed by atoms with Crippen LogP contribution in [0.1, 0.15) is 5.56 Å². The molecule has 0 aliphatic rings. The number of amides is 1.